The van der Waals surface area contributed by atoms with E-state index in [0.29, 0.717) is 31.7 Å². The van der Waals surface area contributed by atoms with Crippen LogP contribution in [0.1, 0.15) is 55.3 Å². The first-order valence-electron chi connectivity index (χ1n) is 11.7. The molecule has 2 aromatic rings. The molecule has 0 radical (unpaired) electrons. The fourth-order valence-electron chi connectivity index (χ4n) is 4.64. The number of carbonyl (C=O) groups excluding carboxylic acids is 1. The third kappa shape index (κ3) is 5.51. The van der Waals surface area contributed by atoms with Gasteiger partial charge in [0.2, 0.25) is 10.0 Å². The van der Waals surface area contributed by atoms with Crippen molar-refractivity contribution in [3.8, 4) is 0 Å². The molecule has 172 valence electrons. The number of hydrogen-bond acceptors (Lipinski definition) is 4. The normalized spacial score (nSPS) is 19.2. The van der Waals surface area contributed by atoms with Crippen molar-refractivity contribution in [1.29, 1.82) is 0 Å². The van der Waals surface area contributed by atoms with Crippen molar-refractivity contribution in [2.75, 3.05) is 31.1 Å². The minimum Gasteiger partial charge on any atom is -0.369 e. The maximum atomic E-state index is 13.3. The Kier molecular flexibility index (Phi) is 7.48. The summed E-state index contributed by atoms with van der Waals surface area (Å²) in [6.45, 7) is 2.14. The first-order chi connectivity index (χ1) is 15.5. The molecule has 1 aliphatic carbocycles. The van der Waals surface area contributed by atoms with Gasteiger partial charge in [0.1, 0.15) is 0 Å². The summed E-state index contributed by atoms with van der Waals surface area (Å²) in [7, 11) is -3.64. The van der Waals surface area contributed by atoms with Crippen molar-refractivity contribution in [1.82, 2.24) is 9.62 Å². The van der Waals surface area contributed by atoms with Crippen LogP contribution in [0.3, 0.4) is 0 Å². The van der Waals surface area contributed by atoms with E-state index in [1.165, 1.54) is 29.6 Å². The van der Waals surface area contributed by atoms with E-state index < -0.39 is 10.0 Å². The van der Waals surface area contributed by atoms with E-state index in [2.05, 4.69) is 10.2 Å². The lowest BCUT2D eigenvalue weighted by Crippen LogP contribution is -2.48. The predicted octanol–water partition coefficient (Wildman–Crippen LogP) is 4.04. The third-order valence-electron chi connectivity index (χ3n) is 6.53. The van der Waals surface area contributed by atoms with E-state index in [0.717, 1.165) is 31.4 Å². The molecule has 1 aliphatic heterocycles. The maximum absolute atomic E-state index is 13.3. The summed E-state index contributed by atoms with van der Waals surface area (Å²) >= 11 is 0. The van der Waals surface area contributed by atoms with Crippen molar-refractivity contribution in [3.05, 3.63) is 60.2 Å². The molecule has 0 aromatic heterocycles. The summed E-state index contributed by atoms with van der Waals surface area (Å²) in [6, 6.07) is 16.7. The van der Waals surface area contributed by atoms with Crippen LogP contribution in [0, 0.1) is 0 Å². The van der Waals surface area contributed by atoms with Gasteiger partial charge in [-0.05, 0) is 43.2 Å². The summed E-state index contributed by atoms with van der Waals surface area (Å²) < 4.78 is 28.0. The Morgan fingerprint density at radius 1 is 0.812 bits per heavy atom. The molecule has 32 heavy (non-hydrogen) atoms. The zero-order valence-electron chi connectivity index (χ0n) is 18.6. The van der Waals surface area contributed by atoms with Gasteiger partial charge in [-0.3, -0.25) is 4.79 Å². The van der Waals surface area contributed by atoms with Crippen LogP contribution in [0.4, 0.5) is 5.69 Å². The minimum absolute atomic E-state index is 0.175. The molecular formula is C25H33N3O3S. The molecule has 1 N–H and O–H groups in total. The van der Waals surface area contributed by atoms with Gasteiger partial charge in [0.05, 0.1) is 4.90 Å². The van der Waals surface area contributed by atoms with Crippen LogP contribution >= 0.6 is 0 Å². The Hall–Kier alpha value is -2.38. The summed E-state index contributed by atoms with van der Waals surface area (Å²) in [5.41, 5.74) is 1.52. The van der Waals surface area contributed by atoms with Crippen molar-refractivity contribution >= 4 is 21.6 Å². The van der Waals surface area contributed by atoms with Gasteiger partial charge < -0.3 is 10.2 Å². The van der Waals surface area contributed by atoms with Crippen LogP contribution in [0.15, 0.2) is 59.5 Å². The Bertz CT molecular complexity index is 994. The molecule has 7 heteroatoms. The number of amides is 1. The lowest BCUT2D eigenvalue weighted by Gasteiger charge is -2.35. The van der Waals surface area contributed by atoms with Crippen molar-refractivity contribution in [3.63, 3.8) is 0 Å². The molecule has 2 aliphatic rings. The average Bonchev–Trinajstić information content (AvgIpc) is 2.81. The van der Waals surface area contributed by atoms with Crippen molar-refractivity contribution in [2.24, 2.45) is 0 Å². The van der Waals surface area contributed by atoms with E-state index in [9.17, 15) is 13.2 Å². The number of sulfonamides is 1. The highest BCUT2D eigenvalue weighted by atomic mass is 32.2. The second-order valence-electron chi connectivity index (χ2n) is 8.77. The lowest BCUT2D eigenvalue weighted by atomic mass is 9.96. The number of para-hydroxylation sites is 1. The standard InChI is InChI=1S/C25H33N3O3S/c29-25(26-22-11-5-2-1-3-6-12-22)21-10-9-15-24(20-21)32(30,31)28-18-16-27(17-19-28)23-13-7-4-8-14-23/h4,7-10,13-15,20,22H,1-3,5-6,11-12,16-19H2,(H,26,29). The SMILES string of the molecule is O=C(NC1CCCCCCC1)c1cccc(S(=O)(=O)N2CCN(c3ccccc3)CC2)c1. The van der Waals surface area contributed by atoms with E-state index in [1.54, 1.807) is 18.2 Å². The fraction of sp³-hybridized carbons (Fsp3) is 0.480. The number of nitrogens with zero attached hydrogens (tertiary/aromatic N) is 2. The summed E-state index contributed by atoms with van der Waals surface area (Å²) in [6.07, 6.45) is 7.98. The molecule has 0 spiro atoms. The number of anilines is 1. The second-order valence-corrected chi connectivity index (χ2v) is 10.7. The Morgan fingerprint density at radius 2 is 1.47 bits per heavy atom. The zero-order chi connectivity index (χ0) is 22.4. The van der Waals surface area contributed by atoms with Gasteiger partial charge in [-0.25, -0.2) is 8.42 Å². The monoisotopic (exact) mass is 455 g/mol. The van der Waals surface area contributed by atoms with Crippen molar-refractivity contribution in [2.45, 2.75) is 55.9 Å². The summed E-state index contributed by atoms with van der Waals surface area (Å²) in [5.74, 6) is -0.179. The molecule has 6 nitrogen and oxygen atoms in total. The van der Waals surface area contributed by atoms with Gasteiger partial charge in [-0.15, -0.1) is 0 Å². The molecule has 2 fully saturated rings. The summed E-state index contributed by atoms with van der Waals surface area (Å²) in [4.78, 5) is 15.2. The Morgan fingerprint density at radius 3 is 2.16 bits per heavy atom. The van der Waals surface area contributed by atoms with E-state index in [1.807, 2.05) is 30.3 Å². The average molecular weight is 456 g/mol. The maximum Gasteiger partial charge on any atom is 0.251 e. The highest BCUT2D eigenvalue weighted by molar-refractivity contribution is 7.89. The number of rotatable bonds is 5. The van der Waals surface area contributed by atoms with Crippen LogP contribution in [-0.4, -0.2) is 50.9 Å². The number of piperazine rings is 1. The lowest BCUT2D eigenvalue weighted by molar-refractivity contribution is 0.0930. The number of benzene rings is 2. The molecule has 0 bridgehead atoms. The van der Waals surface area contributed by atoms with Gasteiger partial charge in [0.25, 0.3) is 5.91 Å². The first kappa shape index (κ1) is 22.8. The van der Waals surface area contributed by atoms with Gasteiger partial charge in [-0.2, -0.15) is 4.31 Å². The molecule has 4 rings (SSSR count). The molecule has 1 amide bonds. The number of hydrogen-bond donors (Lipinski definition) is 1. The Balaban J connectivity index is 1.41. The summed E-state index contributed by atoms with van der Waals surface area (Å²) in [5, 5.41) is 3.13. The molecule has 0 unspecified atom stereocenters. The van der Waals surface area contributed by atoms with Crippen LogP contribution in [0.5, 0.6) is 0 Å². The van der Waals surface area contributed by atoms with Crippen molar-refractivity contribution < 1.29 is 13.2 Å². The fourth-order valence-corrected chi connectivity index (χ4v) is 6.11. The zero-order valence-corrected chi connectivity index (χ0v) is 19.4. The quantitative estimate of drug-likeness (QED) is 0.739. The van der Waals surface area contributed by atoms with Gasteiger partial charge in [0.15, 0.2) is 0 Å². The van der Waals surface area contributed by atoms with Crippen LogP contribution in [0.2, 0.25) is 0 Å². The highest BCUT2D eigenvalue weighted by Gasteiger charge is 2.29. The Labute approximate surface area is 191 Å². The van der Waals surface area contributed by atoms with Gasteiger partial charge in [-0.1, -0.05) is 56.4 Å². The molecule has 0 atom stereocenters. The van der Waals surface area contributed by atoms with E-state index >= 15 is 0 Å². The van der Waals surface area contributed by atoms with Crippen LogP contribution in [-0.2, 0) is 10.0 Å². The van der Waals surface area contributed by atoms with Crippen LogP contribution in [0.25, 0.3) is 0 Å². The molecular weight excluding hydrogens is 422 g/mol. The predicted molar refractivity (Wildman–Crippen MR) is 127 cm³/mol. The smallest absolute Gasteiger partial charge is 0.251 e. The van der Waals surface area contributed by atoms with Gasteiger partial charge in [0, 0.05) is 43.5 Å². The first-order valence-corrected chi connectivity index (χ1v) is 13.2. The number of carbonyl (C=O) groups is 1. The molecule has 2 aromatic carbocycles. The largest absolute Gasteiger partial charge is 0.369 e. The van der Waals surface area contributed by atoms with Gasteiger partial charge >= 0.3 is 0 Å². The molecule has 1 heterocycles. The minimum atomic E-state index is -3.64. The number of nitrogens with one attached hydrogen (secondary N) is 1. The van der Waals surface area contributed by atoms with E-state index in [4.69, 9.17) is 0 Å². The highest BCUT2D eigenvalue weighted by Crippen LogP contribution is 2.22. The van der Waals surface area contributed by atoms with E-state index in [-0.39, 0.29) is 16.8 Å². The second kappa shape index (κ2) is 10.5. The third-order valence-corrected chi connectivity index (χ3v) is 8.43. The van der Waals surface area contributed by atoms with Crippen LogP contribution < -0.4 is 10.2 Å². The molecule has 1 saturated carbocycles. The topological polar surface area (TPSA) is 69.7 Å². The molecule has 1 saturated heterocycles.